The summed E-state index contributed by atoms with van der Waals surface area (Å²) in [6.45, 7) is 7.03. The average molecular weight is 497 g/mol. The highest BCUT2D eigenvalue weighted by Crippen LogP contribution is 2.10. The summed E-state index contributed by atoms with van der Waals surface area (Å²) < 4.78 is 0. The fraction of sp³-hybridized carbons (Fsp3) is 0.636. The summed E-state index contributed by atoms with van der Waals surface area (Å²) in [6.07, 6.45) is 3.10. The van der Waals surface area contributed by atoms with Gasteiger partial charge >= 0.3 is 11.9 Å². The Balaban J connectivity index is 3.10. The van der Waals surface area contributed by atoms with Crippen molar-refractivity contribution in [1.29, 1.82) is 0 Å². The summed E-state index contributed by atoms with van der Waals surface area (Å²) in [7, 11) is 0. The van der Waals surface area contributed by atoms with Gasteiger partial charge in [0.1, 0.15) is 18.1 Å². The summed E-state index contributed by atoms with van der Waals surface area (Å²) in [5.41, 5.74) is 6.48. The average Bonchev–Trinajstić information content (AvgIpc) is 3.32. The van der Waals surface area contributed by atoms with Crippen LogP contribution in [-0.4, -0.2) is 74.0 Å². The van der Waals surface area contributed by atoms with Gasteiger partial charge in [-0.05, 0) is 11.8 Å². The number of hydrogen-bond donors (Lipinski definition) is 7. The van der Waals surface area contributed by atoms with E-state index in [1.165, 1.54) is 12.5 Å². The zero-order valence-corrected chi connectivity index (χ0v) is 20.4. The molecule has 6 atom stereocenters. The van der Waals surface area contributed by atoms with Gasteiger partial charge in [0.15, 0.2) is 0 Å². The molecule has 0 aliphatic carbocycles. The fourth-order valence-corrected chi connectivity index (χ4v) is 3.20. The van der Waals surface area contributed by atoms with Gasteiger partial charge in [0.25, 0.3) is 0 Å². The molecule has 1 heterocycles. The minimum Gasteiger partial charge on any atom is -0.481 e. The summed E-state index contributed by atoms with van der Waals surface area (Å²) in [6, 6.07) is -4.93. The fourth-order valence-electron chi connectivity index (χ4n) is 3.20. The van der Waals surface area contributed by atoms with Crippen molar-refractivity contribution in [3.63, 3.8) is 0 Å². The smallest absolute Gasteiger partial charge is 0.326 e. The first-order valence-electron chi connectivity index (χ1n) is 11.5. The maximum Gasteiger partial charge on any atom is 0.326 e. The van der Waals surface area contributed by atoms with E-state index in [-0.39, 0.29) is 12.3 Å². The normalized spacial score (nSPS) is 16.1. The van der Waals surface area contributed by atoms with Crippen LogP contribution in [0.15, 0.2) is 12.5 Å². The molecule has 0 saturated heterocycles. The Morgan fingerprint density at radius 1 is 0.943 bits per heavy atom. The number of nitrogens with two attached hydrogens (primary N) is 1. The van der Waals surface area contributed by atoms with E-state index >= 15 is 0 Å². The molecule has 0 saturated carbocycles. The summed E-state index contributed by atoms with van der Waals surface area (Å²) >= 11 is 0. The van der Waals surface area contributed by atoms with E-state index in [1.807, 2.05) is 6.92 Å². The van der Waals surface area contributed by atoms with Crippen LogP contribution in [0.2, 0.25) is 0 Å². The molecule has 13 nitrogen and oxygen atoms in total. The van der Waals surface area contributed by atoms with E-state index in [0.29, 0.717) is 18.5 Å². The Morgan fingerprint density at radius 3 is 2.00 bits per heavy atom. The molecular formula is C22H36N6O7. The van der Waals surface area contributed by atoms with Crippen molar-refractivity contribution < 1.29 is 34.2 Å². The SMILES string of the molecule is CCC(C)C(N)C(=O)NC(Cc1cnc[nH]1)C(=O)NC(CC(=O)O)C(=O)NC(C(=O)O)C(C)CC. The second kappa shape index (κ2) is 14.0. The van der Waals surface area contributed by atoms with E-state index < -0.39 is 66.2 Å². The van der Waals surface area contributed by atoms with Crippen molar-refractivity contribution in [3.8, 4) is 0 Å². The number of hydrogen-bond acceptors (Lipinski definition) is 7. The largest absolute Gasteiger partial charge is 0.481 e. The van der Waals surface area contributed by atoms with Crippen molar-refractivity contribution in [2.75, 3.05) is 0 Å². The second-order valence-corrected chi connectivity index (χ2v) is 8.62. The lowest BCUT2D eigenvalue weighted by atomic mass is 9.98. The molecule has 3 amide bonds. The maximum atomic E-state index is 13.1. The summed E-state index contributed by atoms with van der Waals surface area (Å²) in [4.78, 5) is 68.1. The molecule has 35 heavy (non-hydrogen) atoms. The Labute approximate surface area is 203 Å². The maximum absolute atomic E-state index is 13.1. The monoisotopic (exact) mass is 496 g/mol. The van der Waals surface area contributed by atoms with Crippen LogP contribution in [0.5, 0.6) is 0 Å². The first-order chi connectivity index (χ1) is 16.4. The van der Waals surface area contributed by atoms with Gasteiger partial charge in [0, 0.05) is 18.3 Å². The predicted molar refractivity (Wildman–Crippen MR) is 125 cm³/mol. The first-order valence-corrected chi connectivity index (χ1v) is 11.5. The van der Waals surface area contributed by atoms with Gasteiger partial charge in [0.05, 0.1) is 18.8 Å². The number of carboxylic acid groups (broad SMARTS) is 2. The molecule has 0 fully saturated rings. The number of amides is 3. The van der Waals surface area contributed by atoms with Crippen LogP contribution < -0.4 is 21.7 Å². The molecule has 0 spiro atoms. The van der Waals surface area contributed by atoms with Crippen LogP contribution in [0.1, 0.15) is 52.7 Å². The Kier molecular flexibility index (Phi) is 11.9. The Hall–Kier alpha value is -3.48. The molecular weight excluding hydrogens is 460 g/mol. The van der Waals surface area contributed by atoms with Crippen LogP contribution in [0.3, 0.4) is 0 Å². The molecule has 13 heteroatoms. The molecule has 0 radical (unpaired) electrons. The zero-order valence-electron chi connectivity index (χ0n) is 20.4. The van der Waals surface area contributed by atoms with Gasteiger partial charge in [-0.2, -0.15) is 0 Å². The zero-order chi connectivity index (χ0) is 26.7. The van der Waals surface area contributed by atoms with Crippen molar-refractivity contribution in [1.82, 2.24) is 25.9 Å². The van der Waals surface area contributed by atoms with Gasteiger partial charge in [-0.3, -0.25) is 19.2 Å². The van der Waals surface area contributed by atoms with Gasteiger partial charge in [-0.15, -0.1) is 0 Å². The second-order valence-electron chi connectivity index (χ2n) is 8.62. The number of carboxylic acids is 2. The molecule has 1 aromatic rings. The molecule has 0 aromatic carbocycles. The molecule has 1 aromatic heterocycles. The number of aromatic nitrogens is 2. The van der Waals surface area contributed by atoms with E-state index in [1.54, 1.807) is 20.8 Å². The van der Waals surface area contributed by atoms with Crippen LogP contribution in [0.25, 0.3) is 0 Å². The molecule has 6 unspecified atom stereocenters. The summed E-state index contributed by atoms with van der Waals surface area (Å²) in [5.74, 6) is -5.64. The van der Waals surface area contributed by atoms with Gasteiger partial charge in [0.2, 0.25) is 17.7 Å². The standard InChI is InChI=1S/C22H36N6O7/c1-5-11(3)17(23)21(33)27-14(7-13-9-24-10-25-13)19(31)26-15(8-16(29)30)20(32)28-18(22(34)35)12(4)6-2/h9-12,14-15,17-18H,5-8,23H2,1-4H3,(H,24,25)(H,26,31)(H,27,33)(H,28,32)(H,29,30)(H,34,35). The van der Waals surface area contributed by atoms with Crippen LogP contribution in [0.4, 0.5) is 0 Å². The van der Waals surface area contributed by atoms with Gasteiger partial charge < -0.3 is 36.9 Å². The van der Waals surface area contributed by atoms with Crippen molar-refractivity contribution in [2.45, 2.75) is 77.5 Å². The van der Waals surface area contributed by atoms with Crippen LogP contribution in [-0.2, 0) is 30.4 Å². The number of imidazole rings is 1. The topological polar surface area (TPSA) is 217 Å². The first kappa shape index (κ1) is 29.6. The molecule has 8 N–H and O–H groups in total. The number of H-pyrrole nitrogens is 1. The lowest BCUT2D eigenvalue weighted by Gasteiger charge is -2.26. The highest BCUT2D eigenvalue weighted by Gasteiger charge is 2.33. The Morgan fingerprint density at radius 2 is 1.51 bits per heavy atom. The van der Waals surface area contributed by atoms with Crippen LogP contribution >= 0.6 is 0 Å². The Bertz CT molecular complexity index is 876. The minimum atomic E-state index is -1.57. The van der Waals surface area contributed by atoms with Crippen LogP contribution in [0, 0.1) is 11.8 Å². The number of nitrogens with zero attached hydrogens (tertiary/aromatic N) is 1. The molecule has 0 aliphatic rings. The lowest BCUT2D eigenvalue weighted by molar-refractivity contribution is -0.144. The number of carbonyl (C=O) groups excluding carboxylic acids is 3. The van der Waals surface area contributed by atoms with E-state index in [9.17, 15) is 34.2 Å². The van der Waals surface area contributed by atoms with Crippen molar-refractivity contribution >= 4 is 29.7 Å². The minimum absolute atomic E-state index is 0.0309. The number of carbonyl (C=O) groups is 5. The molecule has 0 aliphatic heterocycles. The lowest BCUT2D eigenvalue weighted by Crippen LogP contribution is -2.59. The highest BCUT2D eigenvalue weighted by molar-refractivity contribution is 5.95. The third-order valence-electron chi connectivity index (χ3n) is 5.96. The predicted octanol–water partition coefficient (Wildman–Crippen LogP) is -0.615. The van der Waals surface area contributed by atoms with Gasteiger partial charge in [-0.1, -0.05) is 40.5 Å². The van der Waals surface area contributed by atoms with E-state index in [2.05, 4.69) is 25.9 Å². The summed E-state index contributed by atoms with van der Waals surface area (Å²) in [5, 5.41) is 25.9. The van der Waals surface area contributed by atoms with E-state index in [0.717, 1.165) is 0 Å². The third kappa shape index (κ3) is 9.35. The quantitative estimate of drug-likeness (QED) is 0.164. The van der Waals surface area contributed by atoms with Crippen molar-refractivity contribution in [3.05, 3.63) is 18.2 Å². The third-order valence-corrected chi connectivity index (χ3v) is 5.96. The highest BCUT2D eigenvalue weighted by atomic mass is 16.4. The van der Waals surface area contributed by atoms with E-state index in [4.69, 9.17) is 5.73 Å². The van der Waals surface area contributed by atoms with Crippen molar-refractivity contribution in [2.24, 2.45) is 17.6 Å². The number of rotatable bonds is 15. The molecule has 0 bridgehead atoms. The molecule has 196 valence electrons. The van der Waals surface area contributed by atoms with Gasteiger partial charge in [-0.25, -0.2) is 9.78 Å². The number of nitrogens with one attached hydrogen (secondary N) is 4. The molecule has 1 rings (SSSR count). The number of aliphatic carboxylic acids is 2. The number of aromatic amines is 1.